The Bertz CT molecular complexity index is 1920. The lowest BCUT2D eigenvalue weighted by molar-refractivity contribution is -0.138. The van der Waals surface area contributed by atoms with Crippen LogP contribution in [0.3, 0.4) is 0 Å². The summed E-state index contributed by atoms with van der Waals surface area (Å²) < 4.78 is 12.0. The number of guanidine groups is 1. The van der Waals surface area contributed by atoms with Gasteiger partial charge in [0.1, 0.15) is 17.6 Å². The van der Waals surface area contributed by atoms with E-state index >= 15 is 0 Å². The van der Waals surface area contributed by atoms with Gasteiger partial charge in [0.05, 0.1) is 19.1 Å². The summed E-state index contributed by atoms with van der Waals surface area (Å²) in [5, 5.41) is 13.7. The zero-order valence-corrected chi connectivity index (χ0v) is 27.2. The number of ketones is 1. The maximum atomic E-state index is 14.1. The van der Waals surface area contributed by atoms with E-state index in [-0.39, 0.29) is 50.2 Å². The van der Waals surface area contributed by atoms with Crippen molar-refractivity contribution in [2.24, 2.45) is 5.73 Å². The van der Waals surface area contributed by atoms with Gasteiger partial charge in [-0.15, -0.1) is 0 Å². The molecule has 0 unspecified atom stereocenters. The first-order valence-corrected chi connectivity index (χ1v) is 16.2. The standard InChI is InChI=1S/C37H35ClN6O5/c38-26-14-10-25(11-15-26)22-48-28-20-31(44(21-28)33(45)19-23-6-2-1-3-7-23)35(47)42-30(18-24-12-16-27(17-13-24)41-37(39)40)34(46)36-43-29-8-4-5-9-32(29)49-36/h1-17,28,30-31H,18-22H2,(H,42,47)(H4,39,40,41)/t28-,30+,31+/m1/s1. The Morgan fingerprint density at radius 3 is 2.35 bits per heavy atom. The third-order valence-electron chi connectivity index (χ3n) is 8.29. The molecule has 0 aliphatic carbocycles. The molecule has 6 rings (SSSR count). The van der Waals surface area contributed by atoms with Crippen molar-refractivity contribution in [1.29, 1.82) is 5.41 Å². The maximum absolute atomic E-state index is 14.1. The zero-order chi connectivity index (χ0) is 34.3. The summed E-state index contributed by atoms with van der Waals surface area (Å²) in [6.07, 6.45) is 0.0547. The van der Waals surface area contributed by atoms with Crippen LogP contribution in [0, 0.1) is 5.41 Å². The predicted octanol–water partition coefficient (Wildman–Crippen LogP) is 5.13. The van der Waals surface area contributed by atoms with Gasteiger partial charge in [-0.2, -0.15) is 0 Å². The van der Waals surface area contributed by atoms with Crippen LogP contribution in [0.5, 0.6) is 0 Å². The van der Waals surface area contributed by atoms with Gasteiger partial charge in [0, 0.05) is 30.1 Å². The molecule has 0 bridgehead atoms. The summed E-state index contributed by atoms with van der Waals surface area (Å²) in [6.45, 7) is 0.496. The summed E-state index contributed by atoms with van der Waals surface area (Å²) in [4.78, 5) is 47.7. The van der Waals surface area contributed by atoms with Crippen molar-refractivity contribution in [3.05, 3.63) is 131 Å². The fourth-order valence-electron chi connectivity index (χ4n) is 5.83. The molecular formula is C37H35ClN6O5. The molecule has 2 amide bonds. The third kappa shape index (κ3) is 8.50. The number of carbonyl (C=O) groups excluding carboxylic acids is 3. The van der Waals surface area contributed by atoms with Gasteiger partial charge in [-0.05, 0) is 53.1 Å². The van der Waals surface area contributed by atoms with Crippen molar-refractivity contribution in [1.82, 2.24) is 15.2 Å². The number of benzene rings is 4. The van der Waals surface area contributed by atoms with Gasteiger partial charge in [0.2, 0.25) is 17.6 Å². The van der Waals surface area contributed by atoms with Crippen LogP contribution in [-0.4, -0.2) is 58.2 Å². The molecule has 3 atom stereocenters. The molecule has 0 radical (unpaired) electrons. The first-order chi connectivity index (χ1) is 23.7. The van der Waals surface area contributed by atoms with Crippen molar-refractivity contribution < 1.29 is 23.5 Å². The number of hydrogen-bond acceptors (Lipinski definition) is 7. The zero-order valence-electron chi connectivity index (χ0n) is 26.5. The highest BCUT2D eigenvalue weighted by atomic mass is 35.5. The maximum Gasteiger partial charge on any atom is 0.266 e. The van der Waals surface area contributed by atoms with Gasteiger partial charge in [0.25, 0.3) is 5.89 Å². The van der Waals surface area contributed by atoms with Crippen molar-refractivity contribution in [2.45, 2.75) is 44.1 Å². The number of nitrogens with one attached hydrogen (secondary N) is 3. The molecule has 49 heavy (non-hydrogen) atoms. The highest BCUT2D eigenvalue weighted by molar-refractivity contribution is 6.30. The SMILES string of the molecule is N=C(N)Nc1ccc(C[C@H](NC(=O)[C@@H]2C[C@@H](OCc3ccc(Cl)cc3)CN2C(=O)Cc2ccccc2)C(=O)c2nc3ccccc3o2)cc1. The van der Waals surface area contributed by atoms with Gasteiger partial charge in [-0.3, -0.25) is 19.8 Å². The number of para-hydroxylation sites is 2. The molecule has 1 fully saturated rings. The van der Waals surface area contributed by atoms with Crippen LogP contribution in [0.15, 0.2) is 108 Å². The number of anilines is 1. The minimum atomic E-state index is -1.06. The molecule has 250 valence electrons. The molecule has 11 nitrogen and oxygen atoms in total. The van der Waals surface area contributed by atoms with E-state index in [2.05, 4.69) is 15.6 Å². The number of oxazole rings is 1. The molecule has 1 aliphatic rings. The number of nitrogens with zero attached hydrogens (tertiary/aromatic N) is 2. The summed E-state index contributed by atoms with van der Waals surface area (Å²) in [5.41, 5.74) is 9.49. The topological polar surface area (TPSA) is 164 Å². The number of amides is 2. The smallest absolute Gasteiger partial charge is 0.266 e. The largest absolute Gasteiger partial charge is 0.434 e. The van der Waals surface area contributed by atoms with E-state index in [1.165, 1.54) is 4.90 Å². The lowest BCUT2D eigenvalue weighted by Crippen LogP contribution is -2.51. The van der Waals surface area contributed by atoms with Crippen molar-refractivity contribution in [2.75, 3.05) is 11.9 Å². The van der Waals surface area contributed by atoms with E-state index in [0.29, 0.717) is 21.8 Å². The number of nitrogens with two attached hydrogens (primary N) is 1. The number of aromatic nitrogens is 1. The van der Waals surface area contributed by atoms with Crippen LogP contribution in [-0.2, 0) is 33.8 Å². The summed E-state index contributed by atoms with van der Waals surface area (Å²) in [6, 6.07) is 28.7. The van der Waals surface area contributed by atoms with Crippen LogP contribution >= 0.6 is 11.6 Å². The van der Waals surface area contributed by atoms with Crippen molar-refractivity contribution >= 4 is 51.9 Å². The van der Waals surface area contributed by atoms with E-state index in [1.54, 1.807) is 60.7 Å². The number of Topliss-reactive ketones (excluding diaryl/α,β-unsaturated/α-hetero) is 1. The first kappa shape index (κ1) is 33.4. The number of ether oxygens (including phenoxy) is 1. The van der Waals surface area contributed by atoms with E-state index in [0.717, 1.165) is 16.7 Å². The van der Waals surface area contributed by atoms with Crippen molar-refractivity contribution in [3.8, 4) is 0 Å². The highest BCUT2D eigenvalue weighted by Crippen LogP contribution is 2.25. The average molecular weight is 679 g/mol. The Kier molecular flexibility index (Phi) is 10.3. The Morgan fingerprint density at radius 2 is 1.63 bits per heavy atom. The van der Waals surface area contributed by atoms with Gasteiger partial charge in [0.15, 0.2) is 11.5 Å². The van der Waals surface area contributed by atoms with E-state index in [9.17, 15) is 14.4 Å². The van der Waals surface area contributed by atoms with Gasteiger partial charge in [-0.1, -0.05) is 78.3 Å². The quantitative estimate of drug-likeness (QED) is 0.0802. The van der Waals surface area contributed by atoms with Gasteiger partial charge >= 0.3 is 0 Å². The average Bonchev–Trinajstić information content (AvgIpc) is 3.74. The number of fused-ring (bicyclic) bond motifs is 1. The number of halogens is 1. The van der Waals surface area contributed by atoms with E-state index < -0.39 is 29.9 Å². The second kappa shape index (κ2) is 15.1. The van der Waals surface area contributed by atoms with Crippen LogP contribution in [0.25, 0.3) is 11.1 Å². The van der Waals surface area contributed by atoms with Gasteiger partial charge < -0.3 is 30.4 Å². The molecule has 4 aromatic carbocycles. The second-order valence-corrected chi connectivity index (χ2v) is 12.3. The molecule has 0 saturated carbocycles. The summed E-state index contributed by atoms with van der Waals surface area (Å²) >= 11 is 6.03. The molecule has 1 aromatic heterocycles. The number of carbonyl (C=O) groups is 3. The Labute approximate surface area is 287 Å². The van der Waals surface area contributed by atoms with Crippen LogP contribution < -0.4 is 16.4 Å². The molecule has 2 heterocycles. The summed E-state index contributed by atoms with van der Waals surface area (Å²) in [7, 11) is 0. The number of hydrogen-bond donors (Lipinski definition) is 4. The Balaban J connectivity index is 1.24. The molecule has 12 heteroatoms. The number of rotatable bonds is 12. The molecule has 5 N–H and O–H groups in total. The Morgan fingerprint density at radius 1 is 0.939 bits per heavy atom. The minimum Gasteiger partial charge on any atom is -0.434 e. The minimum absolute atomic E-state index is 0.112. The first-order valence-electron chi connectivity index (χ1n) is 15.8. The van der Waals surface area contributed by atoms with E-state index in [4.69, 9.17) is 31.9 Å². The predicted molar refractivity (Wildman–Crippen MR) is 186 cm³/mol. The van der Waals surface area contributed by atoms with Gasteiger partial charge in [-0.25, -0.2) is 4.98 Å². The van der Waals surface area contributed by atoms with E-state index in [1.807, 2.05) is 42.5 Å². The van der Waals surface area contributed by atoms with Crippen LogP contribution in [0.4, 0.5) is 5.69 Å². The molecule has 5 aromatic rings. The third-order valence-corrected chi connectivity index (χ3v) is 8.55. The van der Waals surface area contributed by atoms with Crippen molar-refractivity contribution in [3.63, 3.8) is 0 Å². The lowest BCUT2D eigenvalue weighted by atomic mass is 10.0. The van der Waals surface area contributed by atoms with Crippen LogP contribution in [0.2, 0.25) is 5.02 Å². The Hall–Kier alpha value is -5.52. The monoisotopic (exact) mass is 678 g/mol. The highest BCUT2D eigenvalue weighted by Gasteiger charge is 2.41. The molecule has 1 saturated heterocycles. The van der Waals surface area contributed by atoms with Crippen LogP contribution in [0.1, 0.15) is 33.8 Å². The molecular weight excluding hydrogens is 644 g/mol. The fourth-order valence-corrected chi connectivity index (χ4v) is 5.95. The normalized spacial score (nSPS) is 16.3. The number of likely N-dealkylation sites (tertiary alicyclic amines) is 1. The molecule has 1 aliphatic heterocycles. The lowest BCUT2D eigenvalue weighted by Gasteiger charge is -2.26. The second-order valence-electron chi connectivity index (χ2n) is 11.9. The summed E-state index contributed by atoms with van der Waals surface area (Å²) in [5.74, 6) is -1.55. The molecule has 0 spiro atoms. The fraction of sp³-hybridized carbons (Fsp3) is 0.216.